The van der Waals surface area contributed by atoms with Gasteiger partial charge in [0.05, 0.1) is 23.6 Å². The van der Waals surface area contributed by atoms with E-state index in [9.17, 15) is 4.79 Å². The third-order valence-corrected chi connectivity index (χ3v) is 6.38. The van der Waals surface area contributed by atoms with Gasteiger partial charge < -0.3 is 15.2 Å². The van der Waals surface area contributed by atoms with Crippen LogP contribution in [-0.4, -0.2) is 64.4 Å². The number of hydrogen-bond acceptors (Lipinski definition) is 4. The summed E-state index contributed by atoms with van der Waals surface area (Å²) >= 11 is 0. The molecule has 0 radical (unpaired) electrons. The predicted molar refractivity (Wildman–Crippen MR) is 102 cm³/mol. The van der Waals surface area contributed by atoms with Crippen LogP contribution in [-0.2, 0) is 16.8 Å². The van der Waals surface area contributed by atoms with Crippen molar-refractivity contribution in [2.24, 2.45) is 0 Å². The average molecular weight is 358 g/mol. The van der Waals surface area contributed by atoms with Crippen molar-refractivity contribution >= 4 is 5.91 Å². The number of aromatic amines is 1. The quantitative estimate of drug-likeness (QED) is 0.810. The fourth-order valence-corrected chi connectivity index (χ4v) is 4.85. The lowest BCUT2D eigenvalue weighted by atomic mass is 9.78. The van der Waals surface area contributed by atoms with Crippen molar-refractivity contribution in [3.63, 3.8) is 0 Å². The zero-order valence-electron chi connectivity index (χ0n) is 16.1. The van der Waals surface area contributed by atoms with Crippen molar-refractivity contribution in [1.82, 2.24) is 25.1 Å². The molecule has 3 aliphatic rings. The maximum Gasteiger partial charge on any atom is 0.239 e. The van der Waals surface area contributed by atoms with Crippen molar-refractivity contribution in [2.45, 2.75) is 57.5 Å². The van der Waals surface area contributed by atoms with Crippen LogP contribution in [0.15, 0.2) is 18.0 Å². The number of carbonyl (C=O) groups is 1. The molecule has 2 N–H and O–H groups in total. The molecule has 4 heterocycles. The van der Waals surface area contributed by atoms with Gasteiger partial charge in [-0.25, -0.2) is 4.98 Å². The van der Waals surface area contributed by atoms with Gasteiger partial charge in [-0.2, -0.15) is 0 Å². The Labute approximate surface area is 156 Å². The molecule has 1 aromatic rings. The number of nitrogens with one attached hydrogen (secondary N) is 2. The maximum absolute atomic E-state index is 12.8. The summed E-state index contributed by atoms with van der Waals surface area (Å²) in [6.07, 6.45) is 9.23. The van der Waals surface area contributed by atoms with Gasteiger partial charge in [0, 0.05) is 38.3 Å². The zero-order chi connectivity index (χ0) is 18.1. The van der Waals surface area contributed by atoms with Crippen molar-refractivity contribution in [3.8, 4) is 0 Å². The fraction of sp³-hybridized carbons (Fsp3) is 0.700. The summed E-state index contributed by atoms with van der Waals surface area (Å²) in [6.45, 7) is 8.97. The molecule has 1 amide bonds. The number of aromatic nitrogens is 2. The summed E-state index contributed by atoms with van der Waals surface area (Å²) in [6, 6.07) is 0.0399. The minimum Gasteiger partial charge on any atom is -0.348 e. The molecule has 3 aliphatic heterocycles. The number of fused-ring (bicyclic) bond motifs is 2. The fourth-order valence-electron chi connectivity index (χ4n) is 4.85. The van der Waals surface area contributed by atoms with E-state index in [0.717, 1.165) is 64.8 Å². The van der Waals surface area contributed by atoms with E-state index >= 15 is 0 Å². The number of carbonyl (C=O) groups excluding carboxylic acids is 1. The summed E-state index contributed by atoms with van der Waals surface area (Å²) in [4.78, 5) is 25.5. The van der Waals surface area contributed by atoms with Crippen LogP contribution in [0.25, 0.3) is 0 Å². The topological polar surface area (TPSA) is 64.3 Å². The highest BCUT2D eigenvalue weighted by Gasteiger charge is 2.47. The lowest BCUT2D eigenvalue weighted by Gasteiger charge is -2.50. The van der Waals surface area contributed by atoms with E-state index in [0.29, 0.717) is 5.91 Å². The second-order valence-corrected chi connectivity index (χ2v) is 8.21. The molecule has 0 saturated carbocycles. The Morgan fingerprint density at radius 1 is 1.35 bits per heavy atom. The van der Waals surface area contributed by atoms with E-state index < -0.39 is 0 Å². The lowest BCUT2D eigenvalue weighted by Crippen LogP contribution is -2.58. The first-order valence-corrected chi connectivity index (χ1v) is 10.0. The highest BCUT2D eigenvalue weighted by molar-refractivity contribution is 5.82. The molecule has 2 fully saturated rings. The first-order valence-electron chi connectivity index (χ1n) is 10.0. The number of amides is 1. The smallest absolute Gasteiger partial charge is 0.239 e. The molecular formula is C20H31N5O. The summed E-state index contributed by atoms with van der Waals surface area (Å²) < 4.78 is 0. The molecular weight excluding hydrogens is 326 g/mol. The first kappa shape index (κ1) is 17.7. The number of imidazole rings is 1. The Balaban J connectivity index is 1.53. The summed E-state index contributed by atoms with van der Waals surface area (Å²) in [5.41, 5.74) is 3.83. The number of hydrogen-bond donors (Lipinski definition) is 2. The molecule has 0 aliphatic carbocycles. The van der Waals surface area contributed by atoms with Crippen molar-refractivity contribution in [3.05, 3.63) is 29.4 Å². The van der Waals surface area contributed by atoms with E-state index in [4.69, 9.17) is 4.98 Å². The molecule has 1 atom stereocenters. The summed E-state index contributed by atoms with van der Waals surface area (Å²) in [7, 11) is 0. The van der Waals surface area contributed by atoms with Crippen LogP contribution in [0.3, 0.4) is 0 Å². The van der Waals surface area contributed by atoms with Gasteiger partial charge in [0.1, 0.15) is 0 Å². The number of likely N-dealkylation sites (tertiary alicyclic amines) is 1. The predicted octanol–water partition coefficient (Wildman–Crippen LogP) is 1.80. The molecule has 0 bridgehead atoms. The minimum absolute atomic E-state index is 0.0284. The van der Waals surface area contributed by atoms with Crippen LogP contribution in [0, 0.1) is 0 Å². The molecule has 26 heavy (non-hydrogen) atoms. The third-order valence-electron chi connectivity index (χ3n) is 6.38. The number of H-pyrrole nitrogens is 1. The van der Waals surface area contributed by atoms with Gasteiger partial charge in [-0.15, -0.1) is 0 Å². The Kier molecular flexibility index (Phi) is 4.88. The molecule has 4 rings (SSSR count). The Morgan fingerprint density at radius 3 is 2.85 bits per heavy atom. The van der Waals surface area contributed by atoms with E-state index in [-0.39, 0.29) is 11.6 Å². The van der Waals surface area contributed by atoms with Crippen molar-refractivity contribution < 1.29 is 4.79 Å². The Hall–Kier alpha value is -1.66. The van der Waals surface area contributed by atoms with E-state index in [1.54, 1.807) is 0 Å². The SMILES string of the molecule is CC(C)=CCN1CCc2[nH]cnc2C12CCN(C(=O)C1CCCN1)CC2. The molecule has 1 aromatic heterocycles. The van der Waals surface area contributed by atoms with Gasteiger partial charge in [0.25, 0.3) is 0 Å². The highest BCUT2D eigenvalue weighted by atomic mass is 16.2. The summed E-state index contributed by atoms with van der Waals surface area (Å²) in [5.74, 6) is 0.297. The second-order valence-electron chi connectivity index (χ2n) is 8.21. The third kappa shape index (κ3) is 3.09. The Bertz CT molecular complexity index is 676. The van der Waals surface area contributed by atoms with Crippen molar-refractivity contribution in [1.29, 1.82) is 0 Å². The van der Waals surface area contributed by atoms with Gasteiger partial charge in [-0.05, 0) is 46.1 Å². The lowest BCUT2D eigenvalue weighted by molar-refractivity contribution is -0.136. The van der Waals surface area contributed by atoms with E-state index in [2.05, 4.69) is 40.0 Å². The van der Waals surface area contributed by atoms with Gasteiger partial charge in [-0.1, -0.05) is 11.6 Å². The number of allylic oxidation sites excluding steroid dienone is 1. The van der Waals surface area contributed by atoms with Gasteiger partial charge >= 0.3 is 0 Å². The molecule has 2 saturated heterocycles. The molecule has 1 unspecified atom stereocenters. The van der Waals surface area contributed by atoms with E-state index in [1.165, 1.54) is 17.0 Å². The highest BCUT2D eigenvalue weighted by Crippen LogP contribution is 2.42. The van der Waals surface area contributed by atoms with Gasteiger partial charge in [0.15, 0.2) is 0 Å². The summed E-state index contributed by atoms with van der Waals surface area (Å²) in [5, 5.41) is 3.35. The van der Waals surface area contributed by atoms with Crippen LogP contribution >= 0.6 is 0 Å². The molecule has 1 spiro atoms. The number of nitrogens with zero attached hydrogens (tertiary/aromatic N) is 3. The molecule has 6 heteroatoms. The van der Waals surface area contributed by atoms with Crippen LogP contribution in [0.1, 0.15) is 50.9 Å². The maximum atomic E-state index is 12.8. The largest absolute Gasteiger partial charge is 0.348 e. The van der Waals surface area contributed by atoms with Crippen LogP contribution in [0.2, 0.25) is 0 Å². The van der Waals surface area contributed by atoms with Crippen molar-refractivity contribution in [2.75, 3.05) is 32.7 Å². The monoisotopic (exact) mass is 357 g/mol. The normalized spacial score (nSPS) is 25.3. The van der Waals surface area contributed by atoms with Crippen LogP contribution in [0.5, 0.6) is 0 Å². The van der Waals surface area contributed by atoms with E-state index in [1.807, 2.05) is 6.33 Å². The zero-order valence-corrected chi connectivity index (χ0v) is 16.1. The average Bonchev–Trinajstić information content (AvgIpc) is 3.33. The molecule has 6 nitrogen and oxygen atoms in total. The first-order chi connectivity index (χ1) is 12.6. The van der Waals surface area contributed by atoms with Crippen LogP contribution < -0.4 is 5.32 Å². The second kappa shape index (κ2) is 7.16. The van der Waals surface area contributed by atoms with Gasteiger partial charge in [0.2, 0.25) is 5.91 Å². The molecule has 142 valence electrons. The number of piperidine rings is 1. The van der Waals surface area contributed by atoms with Crippen LogP contribution in [0.4, 0.5) is 0 Å². The Morgan fingerprint density at radius 2 is 2.15 bits per heavy atom. The molecule has 0 aromatic carbocycles. The number of rotatable bonds is 3. The van der Waals surface area contributed by atoms with Gasteiger partial charge in [-0.3, -0.25) is 9.69 Å². The minimum atomic E-state index is -0.0284. The standard InChI is InChI=1S/C20H31N5O/c1-15(2)5-10-25-11-6-16-18(23-14-22-16)20(25)7-12-24(13-8-20)19(26)17-4-3-9-21-17/h5,14,17,21H,3-4,6-13H2,1-2H3,(H,22,23).